The number of aromatic amines is 1. The zero-order valence-electron chi connectivity index (χ0n) is 11.2. The molecule has 5 nitrogen and oxygen atoms in total. The highest BCUT2D eigenvalue weighted by molar-refractivity contribution is 9.10. The number of aromatic nitrogens is 2. The maximum absolute atomic E-state index is 12.3. The van der Waals surface area contributed by atoms with Gasteiger partial charge in [-0.3, -0.25) is 4.79 Å². The first-order valence-corrected chi connectivity index (χ1v) is 7.05. The molecular formula is C15H12BrN3O2. The lowest BCUT2D eigenvalue weighted by molar-refractivity contribution is 0.102. The monoisotopic (exact) mass is 345 g/mol. The highest BCUT2D eigenvalue weighted by Crippen LogP contribution is 2.27. The quantitative estimate of drug-likeness (QED) is 0.762. The van der Waals surface area contributed by atoms with Crippen LogP contribution in [0.25, 0.3) is 11.0 Å². The van der Waals surface area contributed by atoms with E-state index in [-0.39, 0.29) is 5.91 Å². The Balaban J connectivity index is 1.88. The summed E-state index contributed by atoms with van der Waals surface area (Å²) in [6, 6.07) is 10.7. The van der Waals surface area contributed by atoms with Crippen LogP contribution in [0.4, 0.5) is 5.69 Å². The summed E-state index contributed by atoms with van der Waals surface area (Å²) in [7, 11) is 1.58. The Morgan fingerprint density at radius 1 is 1.29 bits per heavy atom. The molecule has 0 aliphatic carbocycles. The molecule has 2 N–H and O–H groups in total. The highest BCUT2D eigenvalue weighted by atomic mass is 79.9. The lowest BCUT2D eigenvalue weighted by atomic mass is 10.2. The molecule has 2 aromatic carbocycles. The SMILES string of the molecule is COc1ccc(Br)c(NC(=O)c2ccc3nc[nH]c3c2)c1. The van der Waals surface area contributed by atoms with Crippen LogP contribution in [0.5, 0.6) is 5.75 Å². The molecule has 6 heteroatoms. The minimum absolute atomic E-state index is 0.194. The number of nitrogens with zero attached hydrogens (tertiary/aromatic N) is 1. The molecule has 0 saturated carbocycles. The number of hydrogen-bond acceptors (Lipinski definition) is 3. The summed E-state index contributed by atoms with van der Waals surface area (Å²) in [5.74, 6) is 0.484. The third-order valence-corrected chi connectivity index (χ3v) is 3.80. The maximum atomic E-state index is 12.3. The fourth-order valence-corrected chi connectivity index (χ4v) is 2.34. The van der Waals surface area contributed by atoms with Gasteiger partial charge >= 0.3 is 0 Å². The van der Waals surface area contributed by atoms with Gasteiger partial charge in [0.2, 0.25) is 0 Å². The van der Waals surface area contributed by atoms with Crippen LogP contribution in [0.1, 0.15) is 10.4 Å². The summed E-state index contributed by atoms with van der Waals surface area (Å²) < 4.78 is 5.95. The molecule has 1 aromatic heterocycles. The smallest absolute Gasteiger partial charge is 0.255 e. The fourth-order valence-electron chi connectivity index (χ4n) is 2.00. The molecule has 1 heterocycles. The van der Waals surface area contributed by atoms with E-state index in [1.165, 1.54) is 0 Å². The van der Waals surface area contributed by atoms with Crippen LogP contribution in [-0.2, 0) is 0 Å². The van der Waals surface area contributed by atoms with Crippen molar-refractivity contribution in [1.29, 1.82) is 0 Å². The fraction of sp³-hybridized carbons (Fsp3) is 0.0667. The second-order valence-electron chi connectivity index (χ2n) is 4.43. The third kappa shape index (κ3) is 2.75. The van der Waals surface area contributed by atoms with Gasteiger partial charge in [0.05, 0.1) is 30.2 Å². The normalized spacial score (nSPS) is 10.6. The topological polar surface area (TPSA) is 67.0 Å². The van der Waals surface area contributed by atoms with Crippen LogP contribution in [0.15, 0.2) is 47.2 Å². The van der Waals surface area contributed by atoms with Gasteiger partial charge < -0.3 is 15.0 Å². The van der Waals surface area contributed by atoms with Crippen LogP contribution >= 0.6 is 15.9 Å². The Labute approximate surface area is 129 Å². The first-order chi connectivity index (χ1) is 10.2. The summed E-state index contributed by atoms with van der Waals surface area (Å²) in [5, 5.41) is 2.86. The van der Waals surface area contributed by atoms with Gasteiger partial charge in [0.1, 0.15) is 5.75 Å². The van der Waals surface area contributed by atoms with Crippen molar-refractivity contribution in [1.82, 2.24) is 9.97 Å². The van der Waals surface area contributed by atoms with E-state index in [1.807, 2.05) is 12.1 Å². The number of H-pyrrole nitrogens is 1. The summed E-state index contributed by atoms with van der Waals surface area (Å²) in [6.07, 6.45) is 1.60. The molecule has 0 unspecified atom stereocenters. The number of carbonyl (C=O) groups is 1. The predicted molar refractivity (Wildman–Crippen MR) is 84.7 cm³/mol. The molecule has 3 rings (SSSR count). The Morgan fingerprint density at radius 2 is 2.14 bits per heavy atom. The van der Waals surface area contributed by atoms with Gasteiger partial charge in [-0.25, -0.2) is 4.98 Å². The predicted octanol–water partition coefficient (Wildman–Crippen LogP) is 3.59. The first kappa shape index (κ1) is 13.6. The van der Waals surface area contributed by atoms with Gasteiger partial charge in [0.25, 0.3) is 5.91 Å². The van der Waals surface area contributed by atoms with Crippen LogP contribution in [0.2, 0.25) is 0 Å². The minimum Gasteiger partial charge on any atom is -0.497 e. The Bertz CT molecular complexity index is 814. The molecule has 0 fully saturated rings. The average molecular weight is 346 g/mol. The van der Waals surface area contributed by atoms with Gasteiger partial charge in [0, 0.05) is 16.1 Å². The number of imidazole rings is 1. The molecule has 1 amide bonds. The molecule has 3 aromatic rings. The molecule has 0 aliphatic heterocycles. The van der Waals surface area contributed by atoms with E-state index in [4.69, 9.17) is 4.74 Å². The number of rotatable bonds is 3. The van der Waals surface area contributed by atoms with Crippen molar-refractivity contribution in [3.05, 3.63) is 52.8 Å². The van der Waals surface area contributed by atoms with Gasteiger partial charge in [0.15, 0.2) is 0 Å². The minimum atomic E-state index is -0.194. The standard InChI is InChI=1S/C15H12BrN3O2/c1-21-10-3-4-11(16)13(7-10)19-15(20)9-2-5-12-14(6-9)18-8-17-12/h2-8H,1H3,(H,17,18)(H,19,20). The lowest BCUT2D eigenvalue weighted by Crippen LogP contribution is -2.12. The van der Waals surface area contributed by atoms with Crippen LogP contribution in [-0.4, -0.2) is 23.0 Å². The van der Waals surface area contributed by atoms with Crippen molar-refractivity contribution in [3.8, 4) is 5.75 Å². The molecule has 0 spiro atoms. The molecule has 21 heavy (non-hydrogen) atoms. The van der Waals surface area contributed by atoms with Crippen molar-refractivity contribution in [2.24, 2.45) is 0 Å². The molecule has 0 bridgehead atoms. The van der Waals surface area contributed by atoms with Crippen molar-refractivity contribution >= 4 is 38.6 Å². The number of methoxy groups -OCH3 is 1. The van der Waals surface area contributed by atoms with Crippen LogP contribution in [0.3, 0.4) is 0 Å². The maximum Gasteiger partial charge on any atom is 0.255 e. The molecule has 0 atom stereocenters. The summed E-state index contributed by atoms with van der Waals surface area (Å²) in [5.41, 5.74) is 2.87. The second-order valence-corrected chi connectivity index (χ2v) is 5.29. The van der Waals surface area contributed by atoms with E-state index < -0.39 is 0 Å². The Hall–Kier alpha value is -2.34. The summed E-state index contributed by atoms with van der Waals surface area (Å²) in [6.45, 7) is 0. The highest BCUT2D eigenvalue weighted by Gasteiger charge is 2.10. The summed E-state index contributed by atoms with van der Waals surface area (Å²) >= 11 is 3.41. The number of fused-ring (bicyclic) bond motifs is 1. The van der Waals surface area contributed by atoms with E-state index in [2.05, 4.69) is 31.2 Å². The van der Waals surface area contributed by atoms with Gasteiger partial charge in [-0.2, -0.15) is 0 Å². The third-order valence-electron chi connectivity index (χ3n) is 3.10. The van der Waals surface area contributed by atoms with E-state index in [0.29, 0.717) is 17.0 Å². The van der Waals surface area contributed by atoms with Crippen molar-refractivity contribution < 1.29 is 9.53 Å². The molecule has 0 radical (unpaired) electrons. The molecule has 0 saturated heterocycles. The molecule has 106 valence electrons. The van der Waals surface area contributed by atoms with E-state index >= 15 is 0 Å². The molecular weight excluding hydrogens is 334 g/mol. The molecule has 0 aliphatic rings. The zero-order valence-corrected chi connectivity index (χ0v) is 12.8. The van der Waals surface area contributed by atoms with Gasteiger partial charge in [-0.1, -0.05) is 0 Å². The largest absolute Gasteiger partial charge is 0.497 e. The van der Waals surface area contributed by atoms with Crippen molar-refractivity contribution in [2.45, 2.75) is 0 Å². The Morgan fingerprint density at radius 3 is 2.95 bits per heavy atom. The number of amides is 1. The van der Waals surface area contributed by atoms with Crippen molar-refractivity contribution in [3.63, 3.8) is 0 Å². The summed E-state index contributed by atoms with van der Waals surface area (Å²) in [4.78, 5) is 19.4. The number of hydrogen-bond donors (Lipinski definition) is 2. The van der Waals surface area contributed by atoms with Crippen molar-refractivity contribution in [2.75, 3.05) is 12.4 Å². The number of carbonyl (C=O) groups excluding carboxylic acids is 1. The zero-order chi connectivity index (χ0) is 14.8. The van der Waals surface area contributed by atoms with E-state index in [9.17, 15) is 4.79 Å². The second kappa shape index (κ2) is 5.57. The van der Waals surface area contributed by atoms with E-state index in [1.54, 1.807) is 37.7 Å². The number of ether oxygens (including phenoxy) is 1. The number of nitrogens with one attached hydrogen (secondary N) is 2. The average Bonchev–Trinajstić information content (AvgIpc) is 2.96. The Kier molecular flexibility index (Phi) is 3.62. The van der Waals surface area contributed by atoms with Gasteiger partial charge in [-0.15, -0.1) is 0 Å². The van der Waals surface area contributed by atoms with Crippen LogP contribution in [0, 0.1) is 0 Å². The van der Waals surface area contributed by atoms with Gasteiger partial charge in [-0.05, 0) is 46.3 Å². The number of anilines is 1. The number of halogens is 1. The number of benzene rings is 2. The first-order valence-electron chi connectivity index (χ1n) is 6.25. The van der Waals surface area contributed by atoms with Crippen LogP contribution < -0.4 is 10.1 Å². The lowest BCUT2D eigenvalue weighted by Gasteiger charge is -2.09. The van der Waals surface area contributed by atoms with E-state index in [0.717, 1.165) is 15.5 Å².